The van der Waals surface area contributed by atoms with E-state index in [-0.39, 0.29) is 13.2 Å². The number of hydrogen-bond acceptors (Lipinski definition) is 6. The topological polar surface area (TPSA) is 88.9 Å². The van der Waals surface area contributed by atoms with Crippen LogP contribution in [0.5, 0.6) is 0 Å². The maximum atomic E-state index is 12.7. The minimum Gasteiger partial charge on any atom is -0.443 e. The van der Waals surface area contributed by atoms with Crippen LogP contribution in [0.15, 0.2) is 30.9 Å². The summed E-state index contributed by atoms with van der Waals surface area (Å²) in [6, 6.07) is 7.05. The van der Waals surface area contributed by atoms with Crippen molar-refractivity contribution in [3.05, 3.63) is 47.5 Å². The molecule has 0 spiro atoms. The second kappa shape index (κ2) is 10.1. The monoisotopic (exact) mass is 402 g/mol. The molecule has 0 aliphatic carbocycles. The molecule has 0 fully saturated rings. The van der Waals surface area contributed by atoms with E-state index in [0.717, 1.165) is 4.90 Å². The molecule has 0 aliphatic rings. The summed E-state index contributed by atoms with van der Waals surface area (Å²) >= 11 is 0. The molecule has 1 rings (SSSR count). The van der Waals surface area contributed by atoms with Gasteiger partial charge in [-0.05, 0) is 64.8 Å². The van der Waals surface area contributed by atoms with Crippen LogP contribution in [0.2, 0.25) is 0 Å². The zero-order valence-corrected chi connectivity index (χ0v) is 18.1. The predicted molar refractivity (Wildman–Crippen MR) is 109 cm³/mol. The summed E-state index contributed by atoms with van der Waals surface area (Å²) < 4.78 is 16.3. The summed E-state index contributed by atoms with van der Waals surface area (Å²) in [6.45, 7) is 14.4. The molecule has 2 amide bonds. The molecular weight excluding hydrogens is 372 g/mol. The molecule has 0 aliphatic heterocycles. The zero-order valence-electron chi connectivity index (χ0n) is 18.1. The Hall–Kier alpha value is -2.85. The lowest BCUT2D eigenvalue weighted by molar-refractivity contribution is -0.000387. The third kappa shape index (κ3) is 8.79. The lowest BCUT2D eigenvalue weighted by Crippen LogP contribution is -2.43. The maximum absolute atomic E-state index is 12.7. The number of hydrogen-bond donors (Lipinski definition) is 0. The molecule has 0 aromatic heterocycles. The van der Waals surface area contributed by atoms with Gasteiger partial charge >= 0.3 is 12.2 Å². The van der Waals surface area contributed by atoms with Gasteiger partial charge < -0.3 is 14.2 Å². The van der Waals surface area contributed by atoms with Crippen molar-refractivity contribution in [3.8, 4) is 6.07 Å². The molecule has 0 saturated carbocycles. The summed E-state index contributed by atoms with van der Waals surface area (Å²) in [5, 5.41) is 9.17. The van der Waals surface area contributed by atoms with Crippen LogP contribution in [0, 0.1) is 11.3 Å². The molecule has 0 radical (unpaired) electrons. The molecule has 0 heterocycles. The van der Waals surface area contributed by atoms with Crippen molar-refractivity contribution in [1.82, 2.24) is 4.90 Å². The molecule has 7 nitrogen and oxygen atoms in total. The predicted octanol–water partition coefficient (Wildman–Crippen LogP) is 4.93. The number of nitriles is 1. The maximum Gasteiger partial charge on any atom is 0.420 e. The van der Waals surface area contributed by atoms with Crippen molar-refractivity contribution in [2.45, 2.75) is 65.9 Å². The molecule has 158 valence electrons. The number of imide groups is 1. The molecule has 7 heteroatoms. The van der Waals surface area contributed by atoms with Crippen molar-refractivity contribution in [2.24, 2.45) is 0 Å². The van der Waals surface area contributed by atoms with Gasteiger partial charge in [0, 0.05) is 0 Å². The van der Waals surface area contributed by atoms with Crippen LogP contribution in [0.4, 0.5) is 9.59 Å². The van der Waals surface area contributed by atoms with Crippen molar-refractivity contribution >= 4 is 12.2 Å². The van der Waals surface area contributed by atoms with Gasteiger partial charge in [-0.15, -0.1) is 6.58 Å². The number of nitrogens with zero attached hydrogens (tertiary/aromatic N) is 2. The number of benzene rings is 1. The standard InChI is InChI=1S/C22H30N2O5/c1-8-11-27-15-18-12-16(13-23)9-10-17(18)14-24(19(25)28-21(2,3)4)20(26)29-22(5,6)7/h8-10,12H,1,11,14-15H2,2-7H3. The Morgan fingerprint density at radius 2 is 1.62 bits per heavy atom. The normalized spacial score (nSPS) is 11.3. The smallest absolute Gasteiger partial charge is 0.420 e. The first-order chi connectivity index (χ1) is 13.4. The molecule has 29 heavy (non-hydrogen) atoms. The second-order valence-corrected chi connectivity index (χ2v) is 8.45. The van der Waals surface area contributed by atoms with Crippen LogP contribution in [-0.2, 0) is 27.4 Å². The first kappa shape index (κ1) is 24.2. The number of ether oxygens (including phenoxy) is 3. The van der Waals surface area contributed by atoms with Crippen LogP contribution < -0.4 is 0 Å². The fraction of sp³-hybridized carbons (Fsp3) is 0.500. The quantitative estimate of drug-likeness (QED) is 0.495. The minimum absolute atomic E-state index is 0.0810. The Morgan fingerprint density at radius 1 is 1.07 bits per heavy atom. The van der Waals surface area contributed by atoms with E-state index in [1.165, 1.54) is 0 Å². The highest BCUT2D eigenvalue weighted by molar-refractivity contribution is 5.88. The fourth-order valence-corrected chi connectivity index (χ4v) is 2.24. The number of carbonyl (C=O) groups is 2. The molecule has 0 bridgehead atoms. The first-order valence-corrected chi connectivity index (χ1v) is 9.30. The largest absolute Gasteiger partial charge is 0.443 e. The van der Waals surface area contributed by atoms with Crippen LogP contribution in [-0.4, -0.2) is 34.9 Å². The SMILES string of the molecule is C=CCOCc1cc(C#N)ccc1CN(C(=O)OC(C)(C)C)C(=O)OC(C)(C)C. The molecular formula is C22H30N2O5. The molecule has 0 N–H and O–H groups in total. The average Bonchev–Trinajstić information content (AvgIpc) is 2.57. The fourth-order valence-electron chi connectivity index (χ4n) is 2.24. The third-order valence-corrected chi connectivity index (χ3v) is 3.38. The van der Waals surface area contributed by atoms with E-state index in [1.807, 2.05) is 0 Å². The molecule has 1 aromatic carbocycles. The highest BCUT2D eigenvalue weighted by atomic mass is 16.6. The van der Waals surface area contributed by atoms with Crippen LogP contribution in [0.3, 0.4) is 0 Å². The van der Waals surface area contributed by atoms with E-state index in [1.54, 1.807) is 65.8 Å². The molecule has 0 saturated heterocycles. The van der Waals surface area contributed by atoms with Crippen LogP contribution >= 0.6 is 0 Å². The Balaban J connectivity index is 3.23. The van der Waals surface area contributed by atoms with Gasteiger partial charge in [-0.2, -0.15) is 5.26 Å². The van der Waals surface area contributed by atoms with Gasteiger partial charge in [-0.25, -0.2) is 14.5 Å². The van der Waals surface area contributed by atoms with Gasteiger partial charge in [-0.1, -0.05) is 12.1 Å². The Morgan fingerprint density at radius 3 is 2.07 bits per heavy atom. The highest BCUT2D eigenvalue weighted by Crippen LogP contribution is 2.20. The Labute approximate surface area is 172 Å². The van der Waals surface area contributed by atoms with E-state index < -0.39 is 23.4 Å². The van der Waals surface area contributed by atoms with Gasteiger partial charge in [0.1, 0.15) is 11.2 Å². The summed E-state index contributed by atoms with van der Waals surface area (Å²) in [7, 11) is 0. The molecule has 0 unspecified atom stereocenters. The van der Waals surface area contributed by atoms with Crippen molar-refractivity contribution in [3.63, 3.8) is 0 Å². The second-order valence-electron chi connectivity index (χ2n) is 8.45. The van der Waals surface area contributed by atoms with E-state index in [4.69, 9.17) is 14.2 Å². The van der Waals surface area contributed by atoms with Crippen molar-refractivity contribution < 1.29 is 23.8 Å². The van der Waals surface area contributed by atoms with E-state index in [9.17, 15) is 14.9 Å². The van der Waals surface area contributed by atoms with Crippen LogP contribution in [0.1, 0.15) is 58.2 Å². The van der Waals surface area contributed by atoms with Gasteiger partial charge in [-0.3, -0.25) is 0 Å². The zero-order chi connectivity index (χ0) is 22.2. The molecule has 1 aromatic rings. The Kier molecular flexibility index (Phi) is 8.41. The number of rotatable bonds is 6. The van der Waals surface area contributed by atoms with E-state index in [2.05, 4.69) is 12.6 Å². The first-order valence-electron chi connectivity index (χ1n) is 9.30. The van der Waals surface area contributed by atoms with E-state index in [0.29, 0.717) is 23.3 Å². The van der Waals surface area contributed by atoms with Gasteiger partial charge in [0.05, 0.1) is 31.4 Å². The van der Waals surface area contributed by atoms with Gasteiger partial charge in [0.25, 0.3) is 0 Å². The van der Waals surface area contributed by atoms with Gasteiger partial charge in [0.2, 0.25) is 0 Å². The van der Waals surface area contributed by atoms with Crippen LogP contribution in [0.25, 0.3) is 0 Å². The summed E-state index contributed by atoms with van der Waals surface area (Å²) in [4.78, 5) is 26.3. The summed E-state index contributed by atoms with van der Waals surface area (Å²) in [5.41, 5.74) is 0.218. The third-order valence-electron chi connectivity index (χ3n) is 3.38. The summed E-state index contributed by atoms with van der Waals surface area (Å²) in [6.07, 6.45) is -0.00948. The Bertz CT molecular complexity index is 754. The lowest BCUT2D eigenvalue weighted by Gasteiger charge is -2.29. The summed E-state index contributed by atoms with van der Waals surface area (Å²) in [5.74, 6) is 0. The van der Waals surface area contributed by atoms with Crippen molar-refractivity contribution in [1.29, 1.82) is 5.26 Å². The lowest BCUT2D eigenvalue weighted by atomic mass is 10.0. The average molecular weight is 402 g/mol. The highest BCUT2D eigenvalue weighted by Gasteiger charge is 2.31. The molecule has 0 atom stereocenters. The van der Waals surface area contributed by atoms with Gasteiger partial charge in [0.15, 0.2) is 0 Å². The van der Waals surface area contributed by atoms with E-state index >= 15 is 0 Å². The number of carbonyl (C=O) groups excluding carboxylic acids is 2. The van der Waals surface area contributed by atoms with Crippen molar-refractivity contribution in [2.75, 3.05) is 6.61 Å². The minimum atomic E-state index is -0.811. The number of amides is 2.